The molecule has 1 heterocycles. The molecular formula is C20H12Cl2F3NO4S. The smallest absolute Gasteiger partial charge is 0.419 e. The largest absolute Gasteiger partial charge is 0.454 e. The lowest BCUT2D eigenvalue weighted by molar-refractivity contribution is -0.137. The average Bonchev–Trinajstić information content (AvgIpc) is 3.12. The van der Waals surface area contributed by atoms with Crippen molar-refractivity contribution in [2.45, 2.75) is 11.1 Å². The van der Waals surface area contributed by atoms with Gasteiger partial charge in [-0.2, -0.15) is 13.2 Å². The number of ether oxygens (including phenoxy) is 2. The molecule has 0 saturated carbocycles. The molecular weight excluding hydrogens is 478 g/mol. The first-order valence-electron chi connectivity index (χ1n) is 8.58. The first-order valence-corrected chi connectivity index (χ1v) is 10.9. The van der Waals surface area contributed by atoms with E-state index in [-0.39, 0.29) is 11.7 Å². The third kappa shape index (κ3) is 4.18. The molecule has 2 N–H and O–H groups in total. The van der Waals surface area contributed by atoms with E-state index in [4.69, 9.17) is 37.8 Å². The van der Waals surface area contributed by atoms with Crippen molar-refractivity contribution in [1.29, 1.82) is 0 Å². The maximum absolute atomic E-state index is 13.2. The standard InChI is InChI=1S/C20H12Cl2F3NO4S/c21-15-5-11(6-16(22)19(15)20(23,24)25)14-8-18-17(29-9-30-18)7-13(14)10-1-3-12(4-2-10)31(26,27)28/h1-8H,9H2,(H2,26,27,28). The lowest BCUT2D eigenvalue weighted by Crippen LogP contribution is -2.11. The van der Waals surface area contributed by atoms with Crippen molar-refractivity contribution in [2.24, 2.45) is 5.14 Å². The molecule has 162 valence electrons. The van der Waals surface area contributed by atoms with Gasteiger partial charge in [-0.05, 0) is 58.7 Å². The molecule has 0 radical (unpaired) electrons. The van der Waals surface area contributed by atoms with E-state index in [1.807, 2.05) is 0 Å². The Kier molecular flexibility index (Phi) is 5.33. The van der Waals surface area contributed by atoms with Crippen LogP contribution in [0.4, 0.5) is 13.2 Å². The highest BCUT2D eigenvalue weighted by Crippen LogP contribution is 2.46. The third-order valence-electron chi connectivity index (χ3n) is 4.64. The van der Waals surface area contributed by atoms with Gasteiger partial charge in [0.2, 0.25) is 16.8 Å². The summed E-state index contributed by atoms with van der Waals surface area (Å²) in [5, 5.41) is 4.03. The van der Waals surface area contributed by atoms with Crippen molar-refractivity contribution in [3.8, 4) is 33.8 Å². The number of sulfonamides is 1. The normalized spacial score (nSPS) is 13.5. The number of nitrogens with two attached hydrogens (primary N) is 1. The number of primary sulfonamides is 1. The Morgan fingerprint density at radius 3 is 1.77 bits per heavy atom. The van der Waals surface area contributed by atoms with Crippen molar-refractivity contribution < 1.29 is 31.1 Å². The van der Waals surface area contributed by atoms with Gasteiger partial charge in [-0.1, -0.05) is 35.3 Å². The fourth-order valence-electron chi connectivity index (χ4n) is 3.24. The number of benzene rings is 3. The first-order chi connectivity index (χ1) is 14.4. The number of hydrogen-bond acceptors (Lipinski definition) is 4. The van der Waals surface area contributed by atoms with Gasteiger partial charge < -0.3 is 9.47 Å². The van der Waals surface area contributed by atoms with Crippen LogP contribution in [0.25, 0.3) is 22.3 Å². The van der Waals surface area contributed by atoms with Crippen LogP contribution in [0.2, 0.25) is 10.0 Å². The number of halogens is 5. The van der Waals surface area contributed by atoms with Gasteiger partial charge in [-0.3, -0.25) is 0 Å². The summed E-state index contributed by atoms with van der Waals surface area (Å²) in [7, 11) is -3.89. The molecule has 11 heteroatoms. The molecule has 1 aliphatic heterocycles. The van der Waals surface area contributed by atoms with Crippen LogP contribution >= 0.6 is 23.2 Å². The zero-order valence-electron chi connectivity index (χ0n) is 15.3. The Morgan fingerprint density at radius 2 is 1.32 bits per heavy atom. The van der Waals surface area contributed by atoms with Crippen LogP contribution < -0.4 is 14.6 Å². The minimum absolute atomic E-state index is 0.0168. The van der Waals surface area contributed by atoms with E-state index in [0.29, 0.717) is 33.8 Å². The molecule has 5 nitrogen and oxygen atoms in total. The fourth-order valence-corrected chi connectivity index (χ4v) is 4.46. The topological polar surface area (TPSA) is 78.6 Å². The molecule has 0 aliphatic carbocycles. The van der Waals surface area contributed by atoms with Crippen LogP contribution in [0.3, 0.4) is 0 Å². The van der Waals surface area contributed by atoms with Gasteiger partial charge in [0.1, 0.15) is 0 Å². The zero-order chi connectivity index (χ0) is 22.6. The molecule has 0 fully saturated rings. The molecule has 0 atom stereocenters. The summed E-state index contributed by atoms with van der Waals surface area (Å²) in [5.74, 6) is 0.824. The lowest BCUT2D eigenvalue weighted by atomic mass is 9.93. The van der Waals surface area contributed by atoms with Crippen molar-refractivity contribution in [2.75, 3.05) is 6.79 Å². The van der Waals surface area contributed by atoms with E-state index >= 15 is 0 Å². The van der Waals surface area contributed by atoms with Crippen LogP contribution in [-0.4, -0.2) is 15.2 Å². The van der Waals surface area contributed by atoms with E-state index < -0.39 is 31.8 Å². The molecule has 0 aromatic heterocycles. The van der Waals surface area contributed by atoms with Crippen LogP contribution in [0.15, 0.2) is 53.4 Å². The van der Waals surface area contributed by atoms with Crippen LogP contribution in [0.1, 0.15) is 5.56 Å². The second kappa shape index (κ2) is 7.59. The second-order valence-electron chi connectivity index (χ2n) is 6.63. The van der Waals surface area contributed by atoms with E-state index in [0.717, 1.165) is 12.1 Å². The van der Waals surface area contributed by atoms with Crippen LogP contribution in [0, 0.1) is 0 Å². The Labute approximate surface area is 185 Å². The minimum atomic E-state index is -4.71. The van der Waals surface area contributed by atoms with Gasteiger partial charge in [-0.15, -0.1) is 0 Å². The average molecular weight is 490 g/mol. The zero-order valence-corrected chi connectivity index (χ0v) is 17.7. The van der Waals surface area contributed by atoms with Gasteiger partial charge in [0.25, 0.3) is 0 Å². The van der Waals surface area contributed by atoms with Gasteiger partial charge in [-0.25, -0.2) is 13.6 Å². The van der Waals surface area contributed by atoms with Crippen molar-refractivity contribution in [3.05, 3.63) is 64.1 Å². The molecule has 0 amide bonds. The highest BCUT2D eigenvalue weighted by Gasteiger charge is 2.36. The van der Waals surface area contributed by atoms with Gasteiger partial charge >= 0.3 is 6.18 Å². The van der Waals surface area contributed by atoms with Crippen LogP contribution in [0.5, 0.6) is 11.5 Å². The van der Waals surface area contributed by atoms with E-state index in [1.165, 1.54) is 24.3 Å². The summed E-state index contributed by atoms with van der Waals surface area (Å²) in [4.78, 5) is -0.0841. The lowest BCUT2D eigenvalue weighted by Gasteiger charge is -2.16. The summed E-state index contributed by atoms with van der Waals surface area (Å²) in [6, 6.07) is 11.3. The Morgan fingerprint density at radius 1 is 0.839 bits per heavy atom. The minimum Gasteiger partial charge on any atom is -0.454 e. The maximum atomic E-state index is 13.2. The molecule has 0 saturated heterocycles. The molecule has 0 bridgehead atoms. The molecule has 1 aliphatic rings. The van der Waals surface area contributed by atoms with Crippen LogP contribution in [-0.2, 0) is 16.2 Å². The third-order valence-corrected chi connectivity index (χ3v) is 6.17. The Balaban J connectivity index is 1.91. The summed E-state index contributed by atoms with van der Waals surface area (Å²) < 4.78 is 73.6. The first kappa shape index (κ1) is 21.8. The second-order valence-corrected chi connectivity index (χ2v) is 9.01. The molecule has 4 rings (SSSR count). The summed E-state index contributed by atoms with van der Waals surface area (Å²) in [6.07, 6.45) is -4.71. The highest BCUT2D eigenvalue weighted by molar-refractivity contribution is 7.89. The number of rotatable bonds is 3. The molecule has 0 spiro atoms. The van der Waals surface area contributed by atoms with Crippen molar-refractivity contribution in [3.63, 3.8) is 0 Å². The quantitative estimate of drug-likeness (QED) is 0.509. The number of hydrogen-bond donors (Lipinski definition) is 1. The number of alkyl halides is 3. The Hall–Kier alpha value is -2.46. The van der Waals surface area contributed by atoms with E-state index in [1.54, 1.807) is 12.1 Å². The predicted molar refractivity (Wildman–Crippen MR) is 110 cm³/mol. The highest BCUT2D eigenvalue weighted by atomic mass is 35.5. The van der Waals surface area contributed by atoms with Gasteiger partial charge in [0, 0.05) is 0 Å². The number of fused-ring (bicyclic) bond motifs is 1. The van der Waals surface area contributed by atoms with E-state index in [2.05, 4.69) is 0 Å². The van der Waals surface area contributed by atoms with Crippen molar-refractivity contribution in [1.82, 2.24) is 0 Å². The van der Waals surface area contributed by atoms with E-state index in [9.17, 15) is 21.6 Å². The molecule has 3 aromatic carbocycles. The van der Waals surface area contributed by atoms with Crippen molar-refractivity contribution >= 4 is 33.2 Å². The van der Waals surface area contributed by atoms with Gasteiger partial charge in [0.05, 0.1) is 20.5 Å². The monoisotopic (exact) mass is 489 g/mol. The molecule has 3 aromatic rings. The molecule has 0 unspecified atom stereocenters. The maximum Gasteiger partial charge on any atom is 0.419 e. The van der Waals surface area contributed by atoms with Gasteiger partial charge in [0.15, 0.2) is 11.5 Å². The summed E-state index contributed by atoms with van der Waals surface area (Å²) in [5.41, 5.74) is 0.751. The summed E-state index contributed by atoms with van der Waals surface area (Å²) in [6.45, 7) is -0.0168. The Bertz CT molecular complexity index is 1270. The predicted octanol–water partition coefficient (Wildman–Crippen LogP) is 5.72. The summed E-state index contributed by atoms with van der Waals surface area (Å²) >= 11 is 11.8. The fraction of sp³-hybridized carbons (Fsp3) is 0.100. The molecule has 31 heavy (non-hydrogen) atoms. The SMILES string of the molecule is NS(=O)(=O)c1ccc(-c2cc3c(cc2-c2cc(Cl)c(C(F)(F)F)c(Cl)c2)OCO3)cc1.